The number of halogens is 1. The molecule has 0 saturated heterocycles. The SMILES string of the molecule is C=C(N)/C(=C\C(Cl)=C/N)C1=CCOCC1. The maximum atomic E-state index is 5.83. The van der Waals surface area contributed by atoms with E-state index >= 15 is 0 Å². The molecule has 1 heterocycles. The Bertz CT molecular complexity index is 342. The van der Waals surface area contributed by atoms with Gasteiger partial charge in [0.25, 0.3) is 0 Å². The summed E-state index contributed by atoms with van der Waals surface area (Å²) >= 11 is 5.83. The molecule has 0 unspecified atom stereocenters. The lowest BCUT2D eigenvalue weighted by atomic mass is 9.99. The number of hydrogen-bond acceptors (Lipinski definition) is 3. The largest absolute Gasteiger partial charge is 0.403 e. The van der Waals surface area contributed by atoms with E-state index in [1.165, 1.54) is 6.20 Å². The van der Waals surface area contributed by atoms with Crippen molar-refractivity contribution in [3.63, 3.8) is 0 Å². The van der Waals surface area contributed by atoms with Crippen molar-refractivity contribution in [2.24, 2.45) is 11.5 Å². The molecule has 0 amide bonds. The molecule has 1 rings (SSSR count). The van der Waals surface area contributed by atoms with Gasteiger partial charge in [0, 0.05) is 17.5 Å². The Hall–Kier alpha value is -1.19. The Balaban J connectivity index is 2.97. The highest BCUT2D eigenvalue weighted by atomic mass is 35.5. The summed E-state index contributed by atoms with van der Waals surface area (Å²) in [5.74, 6) is 0. The van der Waals surface area contributed by atoms with Gasteiger partial charge in [-0.05, 0) is 18.1 Å². The van der Waals surface area contributed by atoms with Crippen molar-refractivity contribution in [1.29, 1.82) is 0 Å². The molecule has 0 bridgehead atoms. The summed E-state index contributed by atoms with van der Waals surface area (Å²) in [6.07, 6.45) is 5.84. The van der Waals surface area contributed by atoms with Gasteiger partial charge in [0.1, 0.15) is 0 Å². The zero-order valence-corrected chi connectivity index (χ0v) is 9.26. The van der Waals surface area contributed by atoms with Crippen LogP contribution in [0.25, 0.3) is 0 Å². The average molecular weight is 227 g/mol. The molecule has 0 radical (unpaired) electrons. The predicted octanol–water partition coefficient (Wildman–Crippen LogP) is 1.77. The third kappa shape index (κ3) is 3.46. The Morgan fingerprint density at radius 3 is 2.80 bits per heavy atom. The topological polar surface area (TPSA) is 61.3 Å². The number of allylic oxidation sites excluding steroid dienone is 3. The van der Waals surface area contributed by atoms with Gasteiger partial charge in [-0.3, -0.25) is 0 Å². The van der Waals surface area contributed by atoms with Crippen LogP contribution in [0.2, 0.25) is 0 Å². The molecule has 0 fully saturated rings. The maximum absolute atomic E-state index is 5.83. The molecule has 0 aromatic rings. The normalized spacial score (nSPS) is 18.6. The van der Waals surface area contributed by atoms with E-state index in [-0.39, 0.29) is 0 Å². The van der Waals surface area contributed by atoms with Crippen LogP contribution in [0.1, 0.15) is 6.42 Å². The van der Waals surface area contributed by atoms with Crippen molar-refractivity contribution >= 4 is 11.6 Å². The number of hydrogen-bond donors (Lipinski definition) is 2. The first-order valence-electron chi connectivity index (χ1n) is 4.66. The third-order valence-electron chi connectivity index (χ3n) is 2.10. The van der Waals surface area contributed by atoms with Crippen LogP contribution < -0.4 is 11.5 Å². The van der Waals surface area contributed by atoms with Gasteiger partial charge in [-0.2, -0.15) is 0 Å². The van der Waals surface area contributed by atoms with Crippen LogP contribution in [0.15, 0.2) is 46.8 Å². The van der Waals surface area contributed by atoms with Crippen LogP contribution in [-0.4, -0.2) is 13.2 Å². The Morgan fingerprint density at radius 2 is 2.33 bits per heavy atom. The Kier molecular flexibility index (Phi) is 4.46. The summed E-state index contributed by atoms with van der Waals surface area (Å²) in [7, 11) is 0. The van der Waals surface area contributed by atoms with Crippen molar-refractivity contribution in [3.05, 3.63) is 46.8 Å². The fraction of sp³-hybridized carbons (Fsp3) is 0.273. The summed E-state index contributed by atoms with van der Waals surface area (Å²) in [6.45, 7) is 5.02. The first-order valence-corrected chi connectivity index (χ1v) is 5.04. The zero-order chi connectivity index (χ0) is 11.3. The summed E-state index contributed by atoms with van der Waals surface area (Å²) in [5.41, 5.74) is 13.4. The summed E-state index contributed by atoms with van der Waals surface area (Å²) < 4.78 is 5.21. The molecule has 0 saturated carbocycles. The van der Waals surface area contributed by atoms with E-state index in [9.17, 15) is 0 Å². The van der Waals surface area contributed by atoms with E-state index in [2.05, 4.69) is 6.58 Å². The molecule has 0 aliphatic carbocycles. The molecule has 0 aromatic carbocycles. The minimum atomic E-state index is 0.448. The van der Waals surface area contributed by atoms with Crippen molar-refractivity contribution in [3.8, 4) is 0 Å². The van der Waals surface area contributed by atoms with Gasteiger partial charge >= 0.3 is 0 Å². The molecular formula is C11H15ClN2O. The quantitative estimate of drug-likeness (QED) is 0.721. The molecule has 0 atom stereocenters. The number of ether oxygens (including phenoxy) is 1. The molecule has 4 heteroatoms. The molecule has 3 nitrogen and oxygen atoms in total. The summed E-state index contributed by atoms with van der Waals surface area (Å²) in [6, 6.07) is 0. The highest BCUT2D eigenvalue weighted by molar-refractivity contribution is 6.31. The molecule has 82 valence electrons. The van der Waals surface area contributed by atoms with Gasteiger partial charge in [0.15, 0.2) is 0 Å². The highest BCUT2D eigenvalue weighted by Gasteiger charge is 2.10. The fourth-order valence-electron chi connectivity index (χ4n) is 1.35. The van der Waals surface area contributed by atoms with E-state index in [0.717, 1.165) is 17.6 Å². The number of nitrogens with two attached hydrogens (primary N) is 2. The summed E-state index contributed by atoms with van der Waals surface area (Å²) in [5, 5.41) is 0.448. The third-order valence-corrected chi connectivity index (χ3v) is 2.33. The van der Waals surface area contributed by atoms with E-state index in [1.54, 1.807) is 6.08 Å². The van der Waals surface area contributed by atoms with Crippen LogP contribution in [0.4, 0.5) is 0 Å². The minimum absolute atomic E-state index is 0.448. The van der Waals surface area contributed by atoms with Crippen LogP contribution in [0.5, 0.6) is 0 Å². The van der Waals surface area contributed by atoms with Gasteiger partial charge in [0.05, 0.1) is 18.2 Å². The van der Waals surface area contributed by atoms with Gasteiger partial charge in [0.2, 0.25) is 0 Å². The monoisotopic (exact) mass is 226 g/mol. The van der Waals surface area contributed by atoms with E-state index in [1.807, 2.05) is 6.08 Å². The molecule has 0 aromatic heterocycles. The molecule has 1 aliphatic rings. The molecule has 15 heavy (non-hydrogen) atoms. The minimum Gasteiger partial charge on any atom is -0.403 e. The second kappa shape index (κ2) is 5.63. The van der Waals surface area contributed by atoms with Gasteiger partial charge in [-0.1, -0.05) is 24.3 Å². The van der Waals surface area contributed by atoms with Crippen molar-refractivity contribution < 1.29 is 4.74 Å². The second-order valence-electron chi connectivity index (χ2n) is 3.19. The van der Waals surface area contributed by atoms with Crippen LogP contribution in [-0.2, 0) is 4.74 Å². The standard InChI is InChI=1S/C11H15ClN2O/c1-8(14)11(6-10(12)7-13)9-2-4-15-5-3-9/h2,6-7H,1,3-5,13-14H2/b10-7+,11-6+. The molecule has 4 N–H and O–H groups in total. The second-order valence-corrected chi connectivity index (χ2v) is 3.63. The molecular weight excluding hydrogens is 212 g/mol. The lowest BCUT2D eigenvalue weighted by Gasteiger charge is -2.16. The van der Waals surface area contributed by atoms with Crippen molar-refractivity contribution in [1.82, 2.24) is 0 Å². The average Bonchev–Trinajstić information content (AvgIpc) is 2.26. The molecule has 1 aliphatic heterocycles. The van der Waals surface area contributed by atoms with Crippen LogP contribution >= 0.6 is 11.6 Å². The molecule has 0 spiro atoms. The Morgan fingerprint density at radius 1 is 1.60 bits per heavy atom. The predicted molar refractivity (Wildman–Crippen MR) is 63.1 cm³/mol. The lowest BCUT2D eigenvalue weighted by Crippen LogP contribution is -2.10. The highest BCUT2D eigenvalue weighted by Crippen LogP contribution is 2.23. The van der Waals surface area contributed by atoms with Gasteiger partial charge in [-0.15, -0.1) is 0 Å². The zero-order valence-electron chi connectivity index (χ0n) is 8.50. The first kappa shape index (κ1) is 11.9. The van der Waals surface area contributed by atoms with E-state index in [0.29, 0.717) is 23.9 Å². The van der Waals surface area contributed by atoms with Crippen molar-refractivity contribution in [2.75, 3.05) is 13.2 Å². The van der Waals surface area contributed by atoms with Gasteiger partial charge in [-0.25, -0.2) is 0 Å². The van der Waals surface area contributed by atoms with Crippen molar-refractivity contribution in [2.45, 2.75) is 6.42 Å². The van der Waals surface area contributed by atoms with E-state index < -0.39 is 0 Å². The summed E-state index contributed by atoms with van der Waals surface area (Å²) in [4.78, 5) is 0. The fourth-order valence-corrected chi connectivity index (χ4v) is 1.46. The maximum Gasteiger partial charge on any atom is 0.0653 e. The Labute approximate surface area is 94.7 Å². The van der Waals surface area contributed by atoms with Crippen LogP contribution in [0.3, 0.4) is 0 Å². The lowest BCUT2D eigenvalue weighted by molar-refractivity contribution is 0.155. The van der Waals surface area contributed by atoms with Crippen LogP contribution in [0, 0.1) is 0 Å². The van der Waals surface area contributed by atoms with E-state index in [4.69, 9.17) is 27.8 Å². The smallest absolute Gasteiger partial charge is 0.0653 e. The van der Waals surface area contributed by atoms with Gasteiger partial charge < -0.3 is 16.2 Å². The first-order chi connectivity index (χ1) is 7.15. The number of rotatable bonds is 3.